The van der Waals surface area contributed by atoms with Gasteiger partial charge in [-0.05, 0) is 32.0 Å². The summed E-state index contributed by atoms with van der Waals surface area (Å²) in [6, 6.07) is 7.90. The van der Waals surface area contributed by atoms with E-state index in [4.69, 9.17) is 15.2 Å². The molecular formula is C17H20N4O2S. The van der Waals surface area contributed by atoms with Gasteiger partial charge in [-0.2, -0.15) is 4.98 Å². The molecule has 0 saturated heterocycles. The lowest BCUT2D eigenvalue weighted by Crippen LogP contribution is -2.09. The maximum atomic E-state index is 6.11. The van der Waals surface area contributed by atoms with Crippen LogP contribution in [-0.2, 0) is 0 Å². The van der Waals surface area contributed by atoms with Crippen molar-refractivity contribution in [2.75, 3.05) is 25.3 Å². The minimum absolute atomic E-state index is 0.0979. The summed E-state index contributed by atoms with van der Waals surface area (Å²) >= 11 is 1.75. The zero-order chi connectivity index (χ0) is 17.3. The molecule has 0 bridgehead atoms. The maximum absolute atomic E-state index is 6.11. The molecule has 0 spiro atoms. The fourth-order valence-corrected chi connectivity index (χ4v) is 3.37. The van der Waals surface area contributed by atoms with Crippen LogP contribution in [0.2, 0.25) is 0 Å². The van der Waals surface area contributed by atoms with E-state index in [9.17, 15) is 0 Å². The van der Waals surface area contributed by atoms with Crippen molar-refractivity contribution < 1.29 is 9.47 Å². The largest absolute Gasteiger partial charge is 0.493 e. The number of anilines is 2. The van der Waals surface area contributed by atoms with Crippen molar-refractivity contribution in [3.05, 3.63) is 34.0 Å². The molecule has 2 aromatic heterocycles. The van der Waals surface area contributed by atoms with Gasteiger partial charge < -0.3 is 20.5 Å². The molecule has 0 aliphatic carbocycles. The molecule has 7 heteroatoms. The van der Waals surface area contributed by atoms with Crippen molar-refractivity contribution in [1.29, 1.82) is 0 Å². The third-order valence-electron chi connectivity index (χ3n) is 3.76. The maximum Gasteiger partial charge on any atom is 0.225 e. The van der Waals surface area contributed by atoms with Gasteiger partial charge in [0.05, 0.1) is 25.8 Å². The number of aromatic nitrogens is 2. The van der Waals surface area contributed by atoms with E-state index in [2.05, 4.69) is 41.3 Å². The summed E-state index contributed by atoms with van der Waals surface area (Å²) in [6.45, 7) is 4.16. The smallest absolute Gasteiger partial charge is 0.225 e. The molecule has 0 fully saturated rings. The van der Waals surface area contributed by atoms with Gasteiger partial charge in [0, 0.05) is 21.2 Å². The van der Waals surface area contributed by atoms with Gasteiger partial charge in [-0.3, -0.25) is 0 Å². The van der Waals surface area contributed by atoms with E-state index in [-0.39, 0.29) is 6.04 Å². The van der Waals surface area contributed by atoms with Crippen LogP contribution in [-0.4, -0.2) is 24.2 Å². The first-order valence-electron chi connectivity index (χ1n) is 7.54. The molecule has 1 aromatic carbocycles. The summed E-state index contributed by atoms with van der Waals surface area (Å²) in [5.41, 5.74) is 6.81. The molecule has 1 atom stereocenters. The number of methoxy groups -OCH3 is 2. The van der Waals surface area contributed by atoms with Gasteiger partial charge in [0.2, 0.25) is 5.95 Å². The van der Waals surface area contributed by atoms with Crippen molar-refractivity contribution in [3.8, 4) is 11.5 Å². The van der Waals surface area contributed by atoms with Gasteiger partial charge in [-0.15, -0.1) is 11.3 Å². The van der Waals surface area contributed by atoms with E-state index in [1.165, 1.54) is 9.75 Å². The number of benzene rings is 1. The number of hydrogen-bond donors (Lipinski definition) is 2. The molecule has 126 valence electrons. The van der Waals surface area contributed by atoms with E-state index in [1.807, 2.05) is 0 Å². The number of nitrogen functional groups attached to an aromatic ring is 1. The lowest BCUT2D eigenvalue weighted by molar-refractivity contribution is 0.356. The molecule has 3 N–H and O–H groups in total. The van der Waals surface area contributed by atoms with E-state index in [1.54, 1.807) is 37.7 Å². The van der Waals surface area contributed by atoms with Crippen molar-refractivity contribution in [2.24, 2.45) is 0 Å². The summed E-state index contributed by atoms with van der Waals surface area (Å²) in [5.74, 6) is 2.10. The fraction of sp³-hybridized carbons (Fsp3) is 0.294. The van der Waals surface area contributed by atoms with Crippen LogP contribution in [0.4, 0.5) is 11.8 Å². The van der Waals surface area contributed by atoms with Crippen LogP contribution < -0.4 is 20.5 Å². The second kappa shape index (κ2) is 6.52. The number of thiophene rings is 1. The van der Waals surface area contributed by atoms with Crippen LogP contribution in [0.15, 0.2) is 24.3 Å². The molecule has 24 heavy (non-hydrogen) atoms. The van der Waals surface area contributed by atoms with Crippen LogP contribution >= 0.6 is 11.3 Å². The Bertz CT molecular complexity index is 878. The zero-order valence-electron chi connectivity index (χ0n) is 14.1. The van der Waals surface area contributed by atoms with Gasteiger partial charge >= 0.3 is 0 Å². The number of hydrogen-bond acceptors (Lipinski definition) is 7. The fourth-order valence-electron chi connectivity index (χ4n) is 2.49. The van der Waals surface area contributed by atoms with Gasteiger partial charge in [0.25, 0.3) is 0 Å². The molecule has 1 unspecified atom stereocenters. The summed E-state index contributed by atoms with van der Waals surface area (Å²) in [6.07, 6.45) is 0. The average molecular weight is 344 g/mol. The quantitative estimate of drug-likeness (QED) is 0.733. The van der Waals surface area contributed by atoms with Crippen molar-refractivity contribution in [2.45, 2.75) is 19.9 Å². The average Bonchev–Trinajstić information content (AvgIpc) is 3.00. The Hall–Kier alpha value is -2.54. The Morgan fingerprint density at radius 1 is 1.12 bits per heavy atom. The number of nitrogens with zero attached hydrogens (tertiary/aromatic N) is 2. The Kier molecular flexibility index (Phi) is 4.44. The third kappa shape index (κ3) is 3.07. The van der Waals surface area contributed by atoms with E-state index >= 15 is 0 Å². The molecule has 0 amide bonds. The molecule has 0 aliphatic heterocycles. The summed E-state index contributed by atoms with van der Waals surface area (Å²) in [7, 11) is 3.18. The SMILES string of the molecule is COc1cc2nc(NC(C)c3ccc(C)s3)nc(N)c2cc1OC. The number of nitrogens with one attached hydrogen (secondary N) is 1. The van der Waals surface area contributed by atoms with Gasteiger partial charge in [0.1, 0.15) is 5.82 Å². The highest BCUT2D eigenvalue weighted by molar-refractivity contribution is 7.12. The first kappa shape index (κ1) is 16.3. The molecule has 3 rings (SSSR count). The predicted molar refractivity (Wildman–Crippen MR) is 98.1 cm³/mol. The van der Waals surface area contributed by atoms with Crippen LogP contribution in [0.1, 0.15) is 22.7 Å². The highest BCUT2D eigenvalue weighted by Crippen LogP contribution is 2.34. The number of rotatable bonds is 5. The Morgan fingerprint density at radius 2 is 1.83 bits per heavy atom. The first-order chi connectivity index (χ1) is 11.5. The minimum atomic E-state index is 0.0979. The molecule has 2 heterocycles. The zero-order valence-corrected chi connectivity index (χ0v) is 14.9. The third-order valence-corrected chi connectivity index (χ3v) is 4.95. The van der Waals surface area contributed by atoms with E-state index in [0.717, 1.165) is 5.39 Å². The number of ether oxygens (including phenoxy) is 2. The first-order valence-corrected chi connectivity index (χ1v) is 8.35. The van der Waals surface area contributed by atoms with E-state index < -0.39 is 0 Å². The lowest BCUT2D eigenvalue weighted by atomic mass is 10.2. The summed E-state index contributed by atoms with van der Waals surface area (Å²) in [4.78, 5) is 11.4. The van der Waals surface area contributed by atoms with Crippen molar-refractivity contribution >= 4 is 34.0 Å². The summed E-state index contributed by atoms with van der Waals surface area (Å²) in [5, 5.41) is 4.04. The molecule has 6 nitrogen and oxygen atoms in total. The predicted octanol–water partition coefficient (Wildman–Crippen LogP) is 3.77. The van der Waals surface area contributed by atoms with E-state index in [0.29, 0.717) is 28.8 Å². The standard InChI is InChI=1S/C17H20N4O2S/c1-9-5-6-15(24-9)10(2)19-17-20-12-8-14(23-4)13(22-3)7-11(12)16(18)21-17/h5-8,10H,1-4H3,(H3,18,19,20,21). The normalized spacial score (nSPS) is 12.2. The topological polar surface area (TPSA) is 82.3 Å². The molecule has 3 aromatic rings. The highest BCUT2D eigenvalue weighted by atomic mass is 32.1. The van der Waals surface area contributed by atoms with Gasteiger partial charge in [-0.1, -0.05) is 0 Å². The Labute approximate surface area is 144 Å². The molecule has 0 aliphatic rings. The van der Waals surface area contributed by atoms with Crippen LogP contribution in [0.3, 0.4) is 0 Å². The van der Waals surface area contributed by atoms with Crippen molar-refractivity contribution in [3.63, 3.8) is 0 Å². The second-order valence-electron chi connectivity index (χ2n) is 5.47. The number of aryl methyl sites for hydroxylation is 1. The lowest BCUT2D eigenvalue weighted by Gasteiger charge is -2.14. The molecular weight excluding hydrogens is 324 g/mol. The Morgan fingerprint density at radius 3 is 2.46 bits per heavy atom. The molecule has 0 saturated carbocycles. The van der Waals surface area contributed by atoms with Crippen LogP contribution in [0, 0.1) is 6.92 Å². The van der Waals surface area contributed by atoms with Gasteiger partial charge in [0.15, 0.2) is 11.5 Å². The summed E-state index contributed by atoms with van der Waals surface area (Å²) < 4.78 is 10.6. The number of fused-ring (bicyclic) bond motifs is 1. The number of nitrogens with two attached hydrogens (primary N) is 1. The molecule has 0 radical (unpaired) electrons. The van der Waals surface area contributed by atoms with Gasteiger partial charge in [-0.25, -0.2) is 4.98 Å². The Balaban J connectivity index is 1.97. The van der Waals surface area contributed by atoms with Crippen LogP contribution in [0.5, 0.6) is 11.5 Å². The van der Waals surface area contributed by atoms with Crippen LogP contribution in [0.25, 0.3) is 10.9 Å². The van der Waals surface area contributed by atoms with Crippen molar-refractivity contribution in [1.82, 2.24) is 9.97 Å². The highest BCUT2D eigenvalue weighted by Gasteiger charge is 2.14. The monoisotopic (exact) mass is 344 g/mol. The second-order valence-corrected chi connectivity index (χ2v) is 6.79. The minimum Gasteiger partial charge on any atom is -0.493 e.